The molecule has 3 heterocycles. The number of anilines is 3. The predicted molar refractivity (Wildman–Crippen MR) is 129 cm³/mol. The Morgan fingerprint density at radius 2 is 2.00 bits per heavy atom. The number of fused-ring (bicyclic) bond motifs is 1. The highest BCUT2D eigenvalue weighted by Gasteiger charge is 2.46. The minimum atomic E-state index is -5.16. The Morgan fingerprint density at radius 1 is 1.26 bits per heavy atom. The minimum absolute atomic E-state index is 0.0117. The van der Waals surface area contributed by atoms with Crippen LogP contribution in [0.5, 0.6) is 5.75 Å². The Labute approximate surface area is 218 Å². The fourth-order valence-electron chi connectivity index (χ4n) is 3.63. The van der Waals surface area contributed by atoms with Crippen LogP contribution in [0.3, 0.4) is 0 Å². The van der Waals surface area contributed by atoms with Crippen molar-refractivity contribution in [2.45, 2.75) is 25.1 Å². The third kappa shape index (κ3) is 5.80. The molecule has 38 heavy (non-hydrogen) atoms. The van der Waals surface area contributed by atoms with Gasteiger partial charge in [0.05, 0.1) is 36.5 Å². The molecule has 16 heteroatoms. The van der Waals surface area contributed by atoms with Gasteiger partial charge in [-0.15, -0.1) is 0 Å². The van der Waals surface area contributed by atoms with Crippen molar-refractivity contribution in [3.8, 4) is 5.75 Å². The van der Waals surface area contributed by atoms with Gasteiger partial charge in [0, 0.05) is 41.0 Å². The van der Waals surface area contributed by atoms with Gasteiger partial charge in [-0.3, -0.25) is 13.8 Å². The molecule has 0 aromatic carbocycles. The van der Waals surface area contributed by atoms with Crippen LogP contribution >= 0.6 is 0 Å². The van der Waals surface area contributed by atoms with Crippen molar-refractivity contribution in [3.63, 3.8) is 0 Å². The molecule has 4 rings (SSSR count). The van der Waals surface area contributed by atoms with Crippen LogP contribution in [-0.2, 0) is 19.1 Å². The number of carbonyl (C=O) groups is 2. The third-order valence-electron chi connectivity index (χ3n) is 5.45. The van der Waals surface area contributed by atoms with E-state index in [-0.39, 0.29) is 40.1 Å². The maximum absolute atomic E-state index is 13.9. The lowest BCUT2D eigenvalue weighted by atomic mass is 10.1. The second kappa shape index (κ2) is 10.1. The SMILES string of the molecule is [2H]C([2H])([2H])NC(=O)c1cnc(NC(=O)C2CC2)cc1Nc1cnn2ccc(C(OS(C)(=O)=O)C(F)(F)F)c(OC)c12. The van der Waals surface area contributed by atoms with E-state index >= 15 is 0 Å². The van der Waals surface area contributed by atoms with E-state index < -0.39 is 46.6 Å². The van der Waals surface area contributed by atoms with Crippen molar-refractivity contribution in [2.24, 2.45) is 5.92 Å². The minimum Gasteiger partial charge on any atom is -0.494 e. The van der Waals surface area contributed by atoms with E-state index in [0.717, 1.165) is 30.1 Å². The number of ether oxygens (including phenoxy) is 1. The van der Waals surface area contributed by atoms with E-state index in [2.05, 4.69) is 24.9 Å². The van der Waals surface area contributed by atoms with Gasteiger partial charge in [0.2, 0.25) is 12.0 Å². The highest BCUT2D eigenvalue weighted by molar-refractivity contribution is 7.86. The first-order chi connectivity index (χ1) is 19.0. The van der Waals surface area contributed by atoms with Crippen molar-refractivity contribution in [1.29, 1.82) is 0 Å². The lowest BCUT2D eigenvalue weighted by Crippen LogP contribution is -2.26. The number of nitrogens with one attached hydrogen (secondary N) is 3. The van der Waals surface area contributed by atoms with Crippen molar-refractivity contribution in [3.05, 3.63) is 41.9 Å². The van der Waals surface area contributed by atoms with Gasteiger partial charge in [-0.25, -0.2) is 9.50 Å². The molecule has 1 atom stereocenters. The van der Waals surface area contributed by atoms with Gasteiger partial charge >= 0.3 is 6.18 Å². The first kappa shape index (κ1) is 23.2. The van der Waals surface area contributed by atoms with Gasteiger partial charge in [-0.05, 0) is 18.9 Å². The topological polar surface area (TPSA) is 153 Å². The molecular weight excluding hydrogens is 533 g/mol. The van der Waals surface area contributed by atoms with E-state index in [1.165, 1.54) is 12.3 Å². The van der Waals surface area contributed by atoms with Gasteiger partial charge < -0.3 is 20.7 Å². The number of carbonyl (C=O) groups excluding carboxylic acids is 2. The third-order valence-corrected chi connectivity index (χ3v) is 6.00. The number of alkyl halides is 3. The van der Waals surface area contributed by atoms with Crippen LogP contribution in [-0.4, -0.2) is 61.3 Å². The van der Waals surface area contributed by atoms with Crippen LogP contribution in [0.4, 0.5) is 30.4 Å². The molecule has 0 spiro atoms. The molecule has 12 nitrogen and oxygen atoms in total. The first-order valence-electron chi connectivity index (χ1n) is 12.4. The molecule has 1 unspecified atom stereocenters. The zero-order chi connectivity index (χ0) is 30.3. The molecule has 204 valence electrons. The first-order valence-corrected chi connectivity index (χ1v) is 12.7. The molecule has 0 aliphatic heterocycles. The van der Waals surface area contributed by atoms with Crippen molar-refractivity contribution < 1.29 is 44.2 Å². The molecule has 1 fully saturated rings. The lowest BCUT2D eigenvalue weighted by molar-refractivity contribution is -0.197. The second-order valence-electron chi connectivity index (χ2n) is 8.34. The Balaban J connectivity index is 1.82. The zero-order valence-electron chi connectivity index (χ0n) is 22.8. The van der Waals surface area contributed by atoms with Gasteiger partial charge in [0.1, 0.15) is 11.3 Å². The number of amides is 2. The molecule has 0 radical (unpaired) electrons. The maximum atomic E-state index is 13.9. The van der Waals surface area contributed by atoms with E-state index in [9.17, 15) is 31.2 Å². The molecule has 0 bridgehead atoms. The average Bonchev–Trinajstić information content (AvgIpc) is 3.61. The fraction of sp³-hybridized carbons (Fsp3) is 0.364. The Bertz CT molecular complexity index is 1610. The van der Waals surface area contributed by atoms with Crippen molar-refractivity contribution in [2.75, 3.05) is 31.0 Å². The van der Waals surface area contributed by atoms with E-state index in [1.807, 2.05) is 5.32 Å². The van der Waals surface area contributed by atoms with E-state index in [1.54, 1.807) is 0 Å². The highest BCUT2D eigenvalue weighted by atomic mass is 32.2. The summed E-state index contributed by atoms with van der Waals surface area (Å²) in [4.78, 5) is 29.0. The summed E-state index contributed by atoms with van der Waals surface area (Å²) < 4.78 is 97.7. The maximum Gasteiger partial charge on any atom is 0.420 e. The monoisotopic (exact) mass is 559 g/mol. The zero-order valence-corrected chi connectivity index (χ0v) is 20.6. The van der Waals surface area contributed by atoms with Crippen LogP contribution < -0.4 is 20.7 Å². The predicted octanol–water partition coefficient (Wildman–Crippen LogP) is 2.77. The lowest BCUT2D eigenvalue weighted by Gasteiger charge is -2.22. The molecule has 1 aliphatic rings. The highest BCUT2D eigenvalue weighted by Crippen LogP contribution is 2.44. The molecule has 2 amide bonds. The number of aromatic nitrogens is 3. The molecule has 1 aliphatic carbocycles. The van der Waals surface area contributed by atoms with E-state index in [0.29, 0.717) is 19.1 Å². The second-order valence-corrected chi connectivity index (χ2v) is 9.94. The van der Waals surface area contributed by atoms with E-state index in [4.69, 9.17) is 8.85 Å². The van der Waals surface area contributed by atoms with Crippen molar-refractivity contribution in [1.82, 2.24) is 19.9 Å². The summed E-state index contributed by atoms with van der Waals surface area (Å²) in [6.45, 7) is -2.86. The molecule has 3 aromatic heterocycles. The summed E-state index contributed by atoms with van der Waals surface area (Å²) >= 11 is 0. The summed E-state index contributed by atoms with van der Waals surface area (Å²) in [6, 6.07) is 2.17. The molecular formula is C22H23F3N6O6S. The number of hydrogen-bond acceptors (Lipinski definition) is 9. The summed E-state index contributed by atoms with van der Waals surface area (Å²) in [7, 11) is -3.52. The Morgan fingerprint density at radius 3 is 2.61 bits per heavy atom. The Hall–Kier alpha value is -3.92. The van der Waals surface area contributed by atoms with Crippen LogP contribution in [0.2, 0.25) is 0 Å². The number of pyridine rings is 2. The van der Waals surface area contributed by atoms with Crippen LogP contribution in [0.25, 0.3) is 5.52 Å². The number of methoxy groups -OCH3 is 1. The average molecular weight is 560 g/mol. The standard InChI is InChI=1S/C22H23F3N6O6S/c1-26-21(33)13-9-27-16(30-20(32)11-4-5-11)8-14(13)29-15-10-28-31-7-6-12(18(36-2)17(15)31)19(22(23,24)25)37-38(3,34)35/h6-11,19H,4-5H2,1-3H3,(H,26,33)(H2,27,29,30,32)/i1D3. The van der Waals surface area contributed by atoms with Gasteiger partial charge in [0.15, 0.2) is 5.75 Å². The van der Waals surface area contributed by atoms with Gasteiger partial charge in [0.25, 0.3) is 16.0 Å². The number of halogens is 3. The molecule has 3 aromatic rings. The quantitative estimate of drug-likeness (QED) is 0.336. The summed E-state index contributed by atoms with van der Waals surface area (Å²) in [5.74, 6) is -2.01. The van der Waals surface area contributed by atoms with Gasteiger partial charge in [-0.1, -0.05) is 0 Å². The molecule has 0 saturated heterocycles. The Kier molecular flexibility index (Phi) is 6.17. The normalized spacial score (nSPS) is 16.2. The number of rotatable bonds is 9. The smallest absolute Gasteiger partial charge is 0.420 e. The summed E-state index contributed by atoms with van der Waals surface area (Å²) in [5, 5.41) is 11.3. The summed E-state index contributed by atoms with van der Waals surface area (Å²) in [6.07, 6.45) is -2.93. The fourth-order valence-corrected chi connectivity index (χ4v) is 4.19. The van der Waals surface area contributed by atoms with Crippen molar-refractivity contribution >= 4 is 44.6 Å². The largest absolute Gasteiger partial charge is 0.494 e. The van der Waals surface area contributed by atoms with Crippen LogP contribution in [0.15, 0.2) is 30.7 Å². The number of nitrogens with zero attached hydrogens (tertiary/aromatic N) is 3. The number of hydrogen-bond donors (Lipinski definition) is 3. The van der Waals surface area contributed by atoms with Crippen LogP contribution in [0, 0.1) is 5.92 Å². The van der Waals surface area contributed by atoms with Crippen LogP contribution in [0.1, 0.15) is 39.0 Å². The molecule has 1 saturated carbocycles. The molecule has 3 N–H and O–H groups in total. The van der Waals surface area contributed by atoms with Gasteiger partial charge in [-0.2, -0.15) is 26.7 Å². The summed E-state index contributed by atoms with van der Waals surface area (Å²) in [5.41, 5.74) is -1.20.